The number of aromatic nitrogens is 1. The van der Waals surface area contributed by atoms with Crippen LogP contribution in [0.4, 0.5) is 0 Å². The summed E-state index contributed by atoms with van der Waals surface area (Å²) in [5.41, 5.74) is 2.66. The average molecular weight is 341 g/mol. The minimum Gasteiger partial charge on any atom is -0.497 e. The summed E-state index contributed by atoms with van der Waals surface area (Å²) in [5, 5.41) is 14.0. The third kappa shape index (κ3) is 3.29. The van der Waals surface area contributed by atoms with Crippen LogP contribution in [0.3, 0.4) is 0 Å². The van der Waals surface area contributed by atoms with E-state index < -0.39 is 0 Å². The number of rotatable bonds is 6. The fraction of sp³-hybridized carbons (Fsp3) is 0.211. The number of hydrogen-bond donors (Lipinski definition) is 1. The van der Waals surface area contributed by atoms with E-state index in [9.17, 15) is 5.11 Å². The van der Waals surface area contributed by atoms with Crippen molar-refractivity contribution >= 4 is 0 Å². The van der Waals surface area contributed by atoms with Crippen molar-refractivity contribution in [3.63, 3.8) is 0 Å². The molecule has 6 nitrogen and oxygen atoms in total. The Balaban J connectivity index is 2.11. The molecule has 0 aliphatic heterocycles. The van der Waals surface area contributed by atoms with Crippen LogP contribution in [0.2, 0.25) is 0 Å². The molecule has 1 aromatic heterocycles. The topological polar surface area (TPSA) is 74.0 Å². The first-order valence-electron chi connectivity index (χ1n) is 7.67. The van der Waals surface area contributed by atoms with Gasteiger partial charge in [0, 0.05) is 17.2 Å². The number of ether oxygens (including phenoxy) is 3. The first-order valence-corrected chi connectivity index (χ1v) is 7.67. The minimum atomic E-state index is -0.217. The molecule has 0 saturated carbocycles. The highest BCUT2D eigenvalue weighted by Crippen LogP contribution is 2.36. The number of benzene rings is 2. The molecule has 0 unspecified atom stereocenters. The molecule has 3 rings (SSSR count). The second-order valence-corrected chi connectivity index (χ2v) is 5.33. The molecule has 0 spiro atoms. The van der Waals surface area contributed by atoms with Crippen molar-refractivity contribution in [3.05, 3.63) is 48.0 Å². The van der Waals surface area contributed by atoms with E-state index in [0.29, 0.717) is 39.8 Å². The number of aliphatic hydroxyl groups excluding tert-OH is 1. The van der Waals surface area contributed by atoms with E-state index in [-0.39, 0.29) is 6.61 Å². The zero-order valence-electron chi connectivity index (χ0n) is 14.3. The van der Waals surface area contributed by atoms with E-state index in [4.69, 9.17) is 18.7 Å². The molecule has 6 heteroatoms. The predicted octanol–water partition coefficient (Wildman–Crippen LogP) is 3.53. The smallest absolute Gasteiger partial charge is 0.173 e. The van der Waals surface area contributed by atoms with E-state index >= 15 is 0 Å². The molecule has 0 radical (unpaired) electrons. The van der Waals surface area contributed by atoms with Crippen LogP contribution >= 0.6 is 0 Å². The minimum absolute atomic E-state index is 0.217. The second kappa shape index (κ2) is 7.27. The molecule has 0 aliphatic carbocycles. The Labute approximate surface area is 145 Å². The van der Waals surface area contributed by atoms with Gasteiger partial charge in [-0.3, -0.25) is 0 Å². The first kappa shape index (κ1) is 16.9. The summed E-state index contributed by atoms with van der Waals surface area (Å²) in [4.78, 5) is 0. The van der Waals surface area contributed by atoms with Crippen LogP contribution in [-0.4, -0.2) is 31.6 Å². The molecular weight excluding hydrogens is 322 g/mol. The van der Waals surface area contributed by atoms with Crippen LogP contribution in [0.25, 0.3) is 22.6 Å². The van der Waals surface area contributed by atoms with Gasteiger partial charge in [0.25, 0.3) is 0 Å². The molecule has 0 aliphatic rings. The van der Waals surface area contributed by atoms with Crippen molar-refractivity contribution in [2.45, 2.75) is 6.61 Å². The summed E-state index contributed by atoms with van der Waals surface area (Å²) in [6, 6.07) is 12.8. The maximum Gasteiger partial charge on any atom is 0.173 e. The standard InChI is InChI=1S/C19H19NO5/c1-22-14-6-4-5-12(7-14)18-17(11-21)19(25-20-18)13-8-15(23-2)10-16(9-13)24-3/h4-10,21H,11H2,1-3H3. The van der Waals surface area contributed by atoms with E-state index in [2.05, 4.69) is 5.16 Å². The van der Waals surface area contributed by atoms with Gasteiger partial charge < -0.3 is 23.8 Å². The third-order valence-electron chi connectivity index (χ3n) is 3.90. The van der Waals surface area contributed by atoms with Gasteiger partial charge in [0.05, 0.1) is 33.5 Å². The Morgan fingerprint density at radius 3 is 2.12 bits per heavy atom. The summed E-state index contributed by atoms with van der Waals surface area (Å²) >= 11 is 0. The Morgan fingerprint density at radius 2 is 1.52 bits per heavy atom. The molecule has 130 valence electrons. The van der Waals surface area contributed by atoms with Gasteiger partial charge in [0.1, 0.15) is 22.9 Å². The summed E-state index contributed by atoms with van der Waals surface area (Å²) in [6.07, 6.45) is 0. The van der Waals surface area contributed by atoms with Crippen LogP contribution < -0.4 is 14.2 Å². The monoisotopic (exact) mass is 341 g/mol. The van der Waals surface area contributed by atoms with Crippen LogP contribution in [0.5, 0.6) is 17.2 Å². The highest BCUT2D eigenvalue weighted by Gasteiger charge is 2.20. The number of hydrogen-bond acceptors (Lipinski definition) is 6. The molecule has 2 aromatic carbocycles. The van der Waals surface area contributed by atoms with E-state index in [1.54, 1.807) is 39.5 Å². The summed E-state index contributed by atoms with van der Waals surface area (Å²) in [7, 11) is 4.75. The lowest BCUT2D eigenvalue weighted by atomic mass is 10.0. The second-order valence-electron chi connectivity index (χ2n) is 5.33. The quantitative estimate of drug-likeness (QED) is 0.739. The molecule has 1 heterocycles. The van der Waals surface area contributed by atoms with Crippen molar-refractivity contribution in [1.29, 1.82) is 0 Å². The van der Waals surface area contributed by atoms with Crippen LogP contribution in [0, 0.1) is 0 Å². The normalized spacial score (nSPS) is 10.6. The lowest BCUT2D eigenvalue weighted by Crippen LogP contribution is -1.92. The fourth-order valence-corrected chi connectivity index (χ4v) is 2.62. The summed E-state index contributed by atoms with van der Waals surface area (Å²) in [6.45, 7) is -0.217. The van der Waals surface area contributed by atoms with E-state index in [1.165, 1.54) is 0 Å². The number of methoxy groups -OCH3 is 3. The summed E-state index contributed by atoms with van der Waals surface area (Å²) in [5.74, 6) is 2.42. The van der Waals surface area contributed by atoms with Gasteiger partial charge >= 0.3 is 0 Å². The van der Waals surface area contributed by atoms with Gasteiger partial charge in [-0.25, -0.2) is 0 Å². The van der Waals surface area contributed by atoms with Crippen LogP contribution in [-0.2, 0) is 6.61 Å². The van der Waals surface area contributed by atoms with E-state index in [1.807, 2.05) is 24.3 Å². The predicted molar refractivity (Wildman–Crippen MR) is 93.0 cm³/mol. The Morgan fingerprint density at radius 1 is 0.880 bits per heavy atom. The molecule has 0 saturated heterocycles. The van der Waals surface area contributed by atoms with Crippen molar-refractivity contribution in [1.82, 2.24) is 5.16 Å². The van der Waals surface area contributed by atoms with Crippen molar-refractivity contribution in [2.75, 3.05) is 21.3 Å². The highest BCUT2D eigenvalue weighted by atomic mass is 16.5. The zero-order chi connectivity index (χ0) is 17.8. The lowest BCUT2D eigenvalue weighted by molar-refractivity contribution is 0.281. The molecule has 3 aromatic rings. The molecule has 0 atom stereocenters. The van der Waals surface area contributed by atoms with E-state index in [0.717, 1.165) is 5.56 Å². The zero-order valence-corrected chi connectivity index (χ0v) is 14.3. The third-order valence-corrected chi connectivity index (χ3v) is 3.90. The number of aliphatic hydroxyl groups is 1. The maximum absolute atomic E-state index is 9.90. The Bertz CT molecular complexity index is 850. The van der Waals surface area contributed by atoms with Crippen molar-refractivity contribution in [2.24, 2.45) is 0 Å². The maximum atomic E-state index is 9.90. The molecule has 25 heavy (non-hydrogen) atoms. The average Bonchev–Trinajstić information content (AvgIpc) is 3.11. The number of nitrogens with zero attached hydrogens (tertiary/aromatic N) is 1. The van der Waals surface area contributed by atoms with Gasteiger partial charge in [-0.2, -0.15) is 0 Å². The van der Waals surface area contributed by atoms with Gasteiger partial charge in [-0.1, -0.05) is 17.3 Å². The molecular formula is C19H19NO5. The molecule has 0 amide bonds. The molecule has 1 N–H and O–H groups in total. The molecule has 0 bridgehead atoms. The van der Waals surface area contributed by atoms with Gasteiger partial charge in [0.15, 0.2) is 5.76 Å². The van der Waals surface area contributed by atoms with Crippen LogP contribution in [0.15, 0.2) is 47.0 Å². The lowest BCUT2D eigenvalue weighted by Gasteiger charge is -2.08. The fourth-order valence-electron chi connectivity index (χ4n) is 2.62. The van der Waals surface area contributed by atoms with Gasteiger partial charge in [-0.15, -0.1) is 0 Å². The van der Waals surface area contributed by atoms with Gasteiger partial charge in [-0.05, 0) is 24.3 Å². The SMILES string of the molecule is COc1cccc(-c2noc(-c3cc(OC)cc(OC)c3)c2CO)c1. The first-order chi connectivity index (χ1) is 12.2. The van der Waals surface area contributed by atoms with Crippen molar-refractivity contribution in [3.8, 4) is 39.8 Å². The Kier molecular flexibility index (Phi) is 4.90. The summed E-state index contributed by atoms with van der Waals surface area (Å²) < 4.78 is 21.4. The van der Waals surface area contributed by atoms with Crippen molar-refractivity contribution < 1.29 is 23.8 Å². The van der Waals surface area contributed by atoms with Gasteiger partial charge in [0.2, 0.25) is 0 Å². The molecule has 0 fully saturated rings. The van der Waals surface area contributed by atoms with Crippen LogP contribution in [0.1, 0.15) is 5.56 Å². The largest absolute Gasteiger partial charge is 0.497 e. The Hall–Kier alpha value is -2.99. The highest BCUT2D eigenvalue weighted by molar-refractivity contribution is 5.74.